The minimum absolute atomic E-state index is 0.189. The van der Waals surface area contributed by atoms with Gasteiger partial charge in [0.05, 0.1) is 19.3 Å². The molecule has 37 heavy (non-hydrogen) atoms. The van der Waals surface area contributed by atoms with Crippen LogP contribution in [0.25, 0.3) is 16.8 Å². The van der Waals surface area contributed by atoms with Crippen LogP contribution in [0.1, 0.15) is 30.9 Å². The smallest absolute Gasteiger partial charge is 0.262 e. The fourth-order valence-corrected chi connectivity index (χ4v) is 4.87. The molecule has 9 nitrogen and oxygen atoms in total. The molecule has 0 aromatic heterocycles. The largest absolute Gasteiger partial charge is 0.388 e. The molecule has 2 heterocycles. The summed E-state index contributed by atoms with van der Waals surface area (Å²) in [5.41, 5.74) is 1.75. The van der Waals surface area contributed by atoms with Crippen LogP contribution in [-0.2, 0) is 20.7 Å². The number of aliphatic hydroxyl groups is 3. The number of hydrogen-bond acceptors (Lipinski definition) is 8. The summed E-state index contributed by atoms with van der Waals surface area (Å²) in [5, 5.41) is 44.8. The number of benzene rings is 2. The van der Waals surface area contributed by atoms with Crippen LogP contribution in [0, 0.1) is 11.3 Å². The molecule has 198 valence electrons. The highest BCUT2D eigenvalue weighted by Gasteiger charge is 2.44. The molecular weight excluding hydrogens is 474 g/mol. The Morgan fingerprint density at radius 3 is 2.59 bits per heavy atom. The minimum Gasteiger partial charge on any atom is -0.388 e. The van der Waals surface area contributed by atoms with Gasteiger partial charge in [-0.3, -0.25) is 9.69 Å². The third-order valence-corrected chi connectivity index (χ3v) is 7.07. The summed E-state index contributed by atoms with van der Waals surface area (Å²) in [7, 11) is 0. The summed E-state index contributed by atoms with van der Waals surface area (Å²) in [6.07, 6.45) is -1.03. The van der Waals surface area contributed by atoms with E-state index in [-0.39, 0.29) is 5.57 Å². The first-order valence-corrected chi connectivity index (χ1v) is 12.8. The average Bonchev–Trinajstić information content (AvgIpc) is 2.92. The van der Waals surface area contributed by atoms with Gasteiger partial charge < -0.3 is 30.1 Å². The number of nitrogens with one attached hydrogen (secondary N) is 1. The first-order valence-electron chi connectivity index (χ1n) is 12.8. The molecule has 2 aliphatic rings. The van der Waals surface area contributed by atoms with Crippen molar-refractivity contribution < 1.29 is 29.6 Å². The van der Waals surface area contributed by atoms with Crippen LogP contribution in [0.3, 0.4) is 0 Å². The Morgan fingerprint density at radius 2 is 1.86 bits per heavy atom. The van der Waals surface area contributed by atoms with Crippen LogP contribution in [-0.4, -0.2) is 89.6 Å². The first-order chi connectivity index (χ1) is 17.9. The van der Waals surface area contributed by atoms with E-state index in [0.717, 1.165) is 56.5 Å². The van der Waals surface area contributed by atoms with Crippen LogP contribution < -0.4 is 5.32 Å². The molecule has 5 atom stereocenters. The quantitative estimate of drug-likeness (QED) is 0.309. The van der Waals surface area contributed by atoms with Gasteiger partial charge in [0.15, 0.2) is 6.29 Å². The van der Waals surface area contributed by atoms with Gasteiger partial charge in [-0.1, -0.05) is 37.3 Å². The predicted octanol–water partition coefficient (Wildman–Crippen LogP) is 1.35. The molecule has 0 radical (unpaired) electrons. The second-order valence-corrected chi connectivity index (χ2v) is 9.62. The molecule has 4 N–H and O–H groups in total. The van der Waals surface area contributed by atoms with E-state index in [1.54, 1.807) is 6.92 Å². The van der Waals surface area contributed by atoms with Gasteiger partial charge in [-0.2, -0.15) is 5.26 Å². The van der Waals surface area contributed by atoms with Crippen molar-refractivity contribution in [1.29, 1.82) is 5.26 Å². The lowest BCUT2D eigenvalue weighted by Gasteiger charge is -2.40. The summed E-state index contributed by atoms with van der Waals surface area (Å²) in [6.45, 7) is 6.41. The average molecular weight is 510 g/mol. The molecule has 0 bridgehead atoms. The van der Waals surface area contributed by atoms with Gasteiger partial charge in [0.25, 0.3) is 5.91 Å². The van der Waals surface area contributed by atoms with E-state index in [9.17, 15) is 25.4 Å². The second-order valence-electron chi connectivity index (χ2n) is 9.62. The van der Waals surface area contributed by atoms with Crippen LogP contribution in [0.15, 0.2) is 42.0 Å². The molecule has 0 saturated carbocycles. The van der Waals surface area contributed by atoms with Gasteiger partial charge >= 0.3 is 0 Å². The number of ether oxygens (including phenoxy) is 2. The molecule has 1 amide bonds. The number of nitrogens with zero attached hydrogens (tertiary/aromatic N) is 2. The van der Waals surface area contributed by atoms with Crippen molar-refractivity contribution in [3.05, 3.63) is 53.1 Å². The number of aryl methyl sites for hydroxylation is 1. The Bertz CT molecular complexity index is 1160. The fraction of sp³-hybridized carbons (Fsp3) is 0.500. The van der Waals surface area contributed by atoms with Crippen molar-refractivity contribution in [2.45, 2.75) is 56.8 Å². The van der Waals surface area contributed by atoms with Gasteiger partial charge in [-0.25, -0.2) is 0 Å². The van der Waals surface area contributed by atoms with Crippen molar-refractivity contribution in [2.24, 2.45) is 0 Å². The Labute approximate surface area is 216 Å². The summed E-state index contributed by atoms with van der Waals surface area (Å²) in [6, 6.07) is 12.6. The molecule has 1 unspecified atom stereocenters. The molecular formula is C28H35N3O6. The normalized spacial score (nSPS) is 27.1. The third kappa shape index (κ3) is 6.73. The maximum Gasteiger partial charge on any atom is 0.262 e. The molecule has 2 aliphatic heterocycles. The standard InChI is InChI=1S/C28H35N3O6/c1-2-23-25(32)26(33)24(28(35)37-23)30-27(34)22(17-29)16-19-6-8-20-14-18(5-7-21(20)15-19)4-3-9-31-10-12-36-13-11-31/h5-8,14-16,23-26,28,32-33,35H,2-4,9-13H2,1H3,(H,30,34)/b22-16+/t23-,24-,25-,26-,28?/m1/s1. The van der Waals surface area contributed by atoms with Crippen molar-refractivity contribution in [2.75, 3.05) is 32.8 Å². The van der Waals surface area contributed by atoms with Crippen LogP contribution >= 0.6 is 0 Å². The Morgan fingerprint density at radius 1 is 1.14 bits per heavy atom. The number of carbonyl (C=O) groups is 1. The van der Waals surface area contributed by atoms with Crippen molar-refractivity contribution in [1.82, 2.24) is 10.2 Å². The second kappa shape index (κ2) is 12.6. The number of aliphatic hydroxyl groups excluding tert-OH is 3. The summed E-state index contributed by atoms with van der Waals surface area (Å²) >= 11 is 0. The van der Waals surface area contributed by atoms with Gasteiger partial charge in [0, 0.05) is 13.1 Å². The summed E-state index contributed by atoms with van der Waals surface area (Å²) in [5.74, 6) is -0.771. The van der Waals surface area contributed by atoms with Gasteiger partial charge in [-0.15, -0.1) is 0 Å². The summed E-state index contributed by atoms with van der Waals surface area (Å²) in [4.78, 5) is 15.2. The highest BCUT2D eigenvalue weighted by atomic mass is 16.6. The molecule has 0 aliphatic carbocycles. The monoisotopic (exact) mass is 509 g/mol. The number of nitriles is 1. The molecule has 2 saturated heterocycles. The van der Waals surface area contributed by atoms with E-state index in [0.29, 0.717) is 12.0 Å². The van der Waals surface area contributed by atoms with Crippen LogP contribution in [0.4, 0.5) is 0 Å². The lowest BCUT2D eigenvalue weighted by atomic mass is 9.95. The van der Waals surface area contributed by atoms with E-state index >= 15 is 0 Å². The number of rotatable bonds is 8. The molecule has 2 aromatic carbocycles. The molecule has 2 fully saturated rings. The predicted molar refractivity (Wildman–Crippen MR) is 138 cm³/mol. The van der Waals surface area contributed by atoms with Gasteiger partial charge in [-0.05, 0) is 59.8 Å². The lowest BCUT2D eigenvalue weighted by molar-refractivity contribution is -0.247. The van der Waals surface area contributed by atoms with Crippen LogP contribution in [0.5, 0.6) is 0 Å². The summed E-state index contributed by atoms with van der Waals surface area (Å²) < 4.78 is 10.7. The van der Waals surface area contributed by atoms with Crippen molar-refractivity contribution in [3.63, 3.8) is 0 Å². The Hall–Kier alpha value is -2.84. The van der Waals surface area contributed by atoms with Crippen molar-refractivity contribution in [3.8, 4) is 6.07 Å². The zero-order chi connectivity index (χ0) is 26.4. The number of hydrogen-bond donors (Lipinski definition) is 4. The van der Waals surface area contributed by atoms with E-state index in [4.69, 9.17) is 9.47 Å². The number of carbonyl (C=O) groups excluding carboxylic acids is 1. The Kier molecular flexibility index (Phi) is 9.27. The van der Waals surface area contributed by atoms with Crippen molar-refractivity contribution >= 4 is 22.8 Å². The number of amides is 1. The highest BCUT2D eigenvalue weighted by Crippen LogP contribution is 2.23. The van der Waals surface area contributed by atoms with Crippen LogP contribution in [0.2, 0.25) is 0 Å². The topological polar surface area (TPSA) is 135 Å². The molecule has 9 heteroatoms. The molecule has 4 rings (SSSR count). The van der Waals surface area contributed by atoms with E-state index in [1.807, 2.05) is 30.3 Å². The zero-order valence-corrected chi connectivity index (χ0v) is 21.0. The third-order valence-electron chi connectivity index (χ3n) is 7.07. The maximum absolute atomic E-state index is 12.7. The Balaban J connectivity index is 1.40. The minimum atomic E-state index is -1.50. The van der Waals surface area contributed by atoms with E-state index < -0.39 is 36.6 Å². The van der Waals surface area contributed by atoms with E-state index in [2.05, 4.69) is 22.3 Å². The molecule has 0 spiro atoms. The lowest BCUT2D eigenvalue weighted by Crippen LogP contribution is -2.63. The van der Waals surface area contributed by atoms with E-state index in [1.165, 1.54) is 11.6 Å². The van der Waals surface area contributed by atoms with Gasteiger partial charge in [0.1, 0.15) is 29.9 Å². The first kappa shape index (κ1) is 27.2. The fourth-order valence-electron chi connectivity index (χ4n) is 4.87. The van der Waals surface area contributed by atoms with Gasteiger partial charge in [0.2, 0.25) is 0 Å². The SMILES string of the molecule is CC[C@H]1OC(O)[C@H](NC(=O)/C(C#N)=C/c2ccc3cc(CCCN4CCOCC4)ccc3c2)[C@@H](O)[C@@H]1O. The zero-order valence-electron chi connectivity index (χ0n) is 21.0. The highest BCUT2D eigenvalue weighted by molar-refractivity contribution is 6.02. The molecule has 2 aromatic rings. The maximum atomic E-state index is 12.7. The number of morpholine rings is 1. The number of fused-ring (bicyclic) bond motifs is 1.